The summed E-state index contributed by atoms with van der Waals surface area (Å²) in [6.45, 7) is 0.816. The van der Waals surface area contributed by atoms with E-state index in [4.69, 9.17) is 4.74 Å². The fourth-order valence-corrected chi connectivity index (χ4v) is 3.19. The Morgan fingerprint density at radius 3 is 2.62 bits per heavy atom. The summed E-state index contributed by atoms with van der Waals surface area (Å²) in [6.07, 6.45) is 2.53. The predicted octanol–water partition coefficient (Wildman–Crippen LogP) is 2.65. The third kappa shape index (κ3) is 2.60. The second-order valence-corrected chi connectivity index (χ2v) is 5.85. The molecule has 1 saturated heterocycles. The van der Waals surface area contributed by atoms with E-state index in [1.165, 1.54) is 0 Å². The molecule has 1 aromatic carbocycles. The molecule has 0 aromatic heterocycles. The first-order valence-electron chi connectivity index (χ1n) is 7.34. The largest absolute Gasteiger partial charge is 0.481 e. The van der Waals surface area contributed by atoms with Crippen LogP contribution in [0.3, 0.4) is 0 Å². The summed E-state index contributed by atoms with van der Waals surface area (Å²) in [7, 11) is 0. The Labute approximate surface area is 123 Å². The molecule has 0 bridgehead atoms. The zero-order chi connectivity index (χ0) is 14.9. The van der Waals surface area contributed by atoms with E-state index < -0.39 is 17.5 Å². The van der Waals surface area contributed by atoms with Crippen molar-refractivity contribution in [3.8, 4) is 0 Å². The first-order valence-corrected chi connectivity index (χ1v) is 7.34. The average molecular weight is 289 g/mol. The molecule has 0 spiro atoms. The Bertz CT molecular complexity index is 538. The molecule has 1 aromatic rings. The Morgan fingerprint density at radius 1 is 1.29 bits per heavy atom. The summed E-state index contributed by atoms with van der Waals surface area (Å²) in [5.74, 6) is -0.782. The van der Waals surface area contributed by atoms with Crippen LogP contribution in [0, 0.1) is 5.41 Å². The lowest BCUT2D eigenvalue weighted by Crippen LogP contribution is -2.44. The fraction of sp³-hybridized carbons (Fsp3) is 0.500. The van der Waals surface area contributed by atoms with Gasteiger partial charge in [0.2, 0.25) is 0 Å². The van der Waals surface area contributed by atoms with Gasteiger partial charge in [0.25, 0.3) is 0 Å². The van der Waals surface area contributed by atoms with E-state index in [0.29, 0.717) is 19.4 Å². The Kier molecular flexibility index (Phi) is 3.57. The van der Waals surface area contributed by atoms with Gasteiger partial charge in [0, 0.05) is 6.54 Å². The topological polar surface area (TPSA) is 66.8 Å². The molecule has 1 aliphatic heterocycles. The molecule has 2 aliphatic rings. The number of aliphatic carboxylic acids is 1. The average Bonchev–Trinajstić information content (AvgIpc) is 3.17. The van der Waals surface area contributed by atoms with Crippen LogP contribution in [-0.4, -0.2) is 34.7 Å². The molecule has 1 atom stereocenters. The number of hydrogen-bond acceptors (Lipinski definition) is 3. The molecular weight excluding hydrogens is 270 g/mol. The van der Waals surface area contributed by atoms with Crippen LogP contribution < -0.4 is 0 Å². The van der Waals surface area contributed by atoms with E-state index >= 15 is 0 Å². The van der Waals surface area contributed by atoms with E-state index in [1.54, 1.807) is 4.90 Å². The van der Waals surface area contributed by atoms with Crippen molar-refractivity contribution < 1.29 is 19.4 Å². The van der Waals surface area contributed by atoms with Gasteiger partial charge in [0.1, 0.15) is 6.61 Å². The van der Waals surface area contributed by atoms with Gasteiger partial charge in [-0.25, -0.2) is 4.79 Å². The number of carbonyl (C=O) groups excluding carboxylic acids is 1. The van der Waals surface area contributed by atoms with Crippen LogP contribution in [0.4, 0.5) is 4.79 Å². The van der Waals surface area contributed by atoms with Gasteiger partial charge in [-0.1, -0.05) is 30.3 Å². The lowest BCUT2D eigenvalue weighted by molar-refractivity contribution is -0.145. The van der Waals surface area contributed by atoms with Gasteiger partial charge in [-0.2, -0.15) is 0 Å². The minimum absolute atomic E-state index is 0.210. The number of benzene rings is 1. The lowest BCUT2D eigenvalue weighted by Gasteiger charge is -2.28. The highest BCUT2D eigenvalue weighted by molar-refractivity contribution is 5.80. The van der Waals surface area contributed by atoms with E-state index in [0.717, 1.165) is 18.4 Å². The van der Waals surface area contributed by atoms with Crippen molar-refractivity contribution in [1.82, 2.24) is 4.90 Å². The number of ether oxygens (including phenoxy) is 1. The normalized spacial score (nSPS) is 22.9. The van der Waals surface area contributed by atoms with Crippen LogP contribution in [0.2, 0.25) is 0 Å². The highest BCUT2D eigenvalue weighted by atomic mass is 16.6. The minimum Gasteiger partial charge on any atom is -0.481 e. The van der Waals surface area contributed by atoms with Gasteiger partial charge in [-0.15, -0.1) is 0 Å². The number of rotatable bonds is 4. The van der Waals surface area contributed by atoms with Gasteiger partial charge in [-0.3, -0.25) is 4.79 Å². The van der Waals surface area contributed by atoms with Crippen LogP contribution in [0.15, 0.2) is 30.3 Å². The minimum atomic E-state index is -0.782. The number of amides is 1. The molecular formula is C16H19NO4. The van der Waals surface area contributed by atoms with Crippen molar-refractivity contribution in [3.05, 3.63) is 35.9 Å². The third-order valence-electron chi connectivity index (χ3n) is 4.54. The van der Waals surface area contributed by atoms with Gasteiger partial charge < -0.3 is 14.7 Å². The molecule has 112 valence electrons. The standard InChI is InChI=1S/C16H19NO4/c18-14(19)16(8-9-16)13-7-4-10-17(13)15(20)21-11-12-5-2-1-3-6-12/h1-3,5-6,13H,4,7-11H2,(H,18,19). The van der Waals surface area contributed by atoms with Gasteiger partial charge in [0.05, 0.1) is 11.5 Å². The summed E-state index contributed by atoms with van der Waals surface area (Å²) in [5, 5.41) is 9.39. The second-order valence-electron chi connectivity index (χ2n) is 5.85. The van der Waals surface area contributed by atoms with Crippen molar-refractivity contribution in [3.63, 3.8) is 0 Å². The summed E-state index contributed by atoms with van der Waals surface area (Å²) in [5.41, 5.74) is 0.211. The van der Waals surface area contributed by atoms with Crippen LogP contribution >= 0.6 is 0 Å². The van der Waals surface area contributed by atoms with Crippen LogP contribution in [-0.2, 0) is 16.1 Å². The molecule has 5 nitrogen and oxygen atoms in total. The molecule has 21 heavy (non-hydrogen) atoms. The molecule has 1 heterocycles. The number of carboxylic acids is 1. The van der Waals surface area contributed by atoms with Crippen molar-refractivity contribution in [2.75, 3.05) is 6.54 Å². The molecule has 1 aliphatic carbocycles. The number of hydrogen-bond donors (Lipinski definition) is 1. The number of carbonyl (C=O) groups is 2. The van der Waals surface area contributed by atoms with Crippen molar-refractivity contribution in [1.29, 1.82) is 0 Å². The van der Waals surface area contributed by atoms with E-state index in [-0.39, 0.29) is 12.6 Å². The predicted molar refractivity (Wildman–Crippen MR) is 75.7 cm³/mol. The number of nitrogens with zero attached hydrogens (tertiary/aromatic N) is 1. The van der Waals surface area contributed by atoms with Crippen molar-refractivity contribution in [2.45, 2.75) is 38.3 Å². The smallest absolute Gasteiger partial charge is 0.410 e. The molecule has 1 unspecified atom stereocenters. The molecule has 3 rings (SSSR count). The Morgan fingerprint density at radius 2 is 2.00 bits per heavy atom. The number of likely N-dealkylation sites (tertiary alicyclic amines) is 1. The zero-order valence-electron chi connectivity index (χ0n) is 11.8. The zero-order valence-corrected chi connectivity index (χ0v) is 11.8. The highest BCUT2D eigenvalue weighted by Gasteiger charge is 2.59. The third-order valence-corrected chi connectivity index (χ3v) is 4.54. The van der Waals surface area contributed by atoms with Gasteiger partial charge in [-0.05, 0) is 31.2 Å². The quantitative estimate of drug-likeness (QED) is 0.925. The van der Waals surface area contributed by atoms with Gasteiger partial charge in [0.15, 0.2) is 0 Å². The summed E-state index contributed by atoms with van der Waals surface area (Å²) >= 11 is 0. The van der Waals surface area contributed by atoms with E-state index in [9.17, 15) is 14.7 Å². The molecule has 0 radical (unpaired) electrons. The maximum atomic E-state index is 12.2. The lowest BCUT2D eigenvalue weighted by atomic mass is 9.94. The van der Waals surface area contributed by atoms with E-state index in [2.05, 4.69) is 0 Å². The van der Waals surface area contributed by atoms with Crippen molar-refractivity contribution in [2.24, 2.45) is 5.41 Å². The Balaban J connectivity index is 1.63. The SMILES string of the molecule is O=C(OCc1ccccc1)N1CCCC1C1(C(=O)O)CC1. The van der Waals surface area contributed by atoms with Crippen LogP contribution in [0.5, 0.6) is 0 Å². The molecule has 1 amide bonds. The first-order chi connectivity index (χ1) is 10.1. The van der Waals surface area contributed by atoms with E-state index in [1.807, 2.05) is 30.3 Å². The van der Waals surface area contributed by atoms with Crippen LogP contribution in [0.25, 0.3) is 0 Å². The Hall–Kier alpha value is -2.04. The highest BCUT2D eigenvalue weighted by Crippen LogP contribution is 2.53. The summed E-state index contributed by atoms with van der Waals surface area (Å²) < 4.78 is 5.34. The number of carboxylic acid groups (broad SMARTS) is 1. The monoisotopic (exact) mass is 289 g/mol. The summed E-state index contributed by atoms with van der Waals surface area (Å²) in [6, 6.07) is 9.28. The second kappa shape index (κ2) is 5.39. The van der Waals surface area contributed by atoms with Crippen LogP contribution in [0.1, 0.15) is 31.2 Å². The molecule has 1 saturated carbocycles. The fourth-order valence-electron chi connectivity index (χ4n) is 3.19. The molecule has 1 N–H and O–H groups in total. The molecule has 5 heteroatoms. The maximum absolute atomic E-state index is 12.2. The van der Waals surface area contributed by atoms with Gasteiger partial charge >= 0.3 is 12.1 Å². The molecule has 2 fully saturated rings. The maximum Gasteiger partial charge on any atom is 0.410 e. The van der Waals surface area contributed by atoms with Crippen molar-refractivity contribution >= 4 is 12.1 Å². The first kappa shape index (κ1) is 13.9. The summed E-state index contributed by atoms with van der Waals surface area (Å²) in [4.78, 5) is 25.3.